The number of hydrogen-bond acceptors (Lipinski definition) is 4. The molecule has 0 aromatic heterocycles. The number of carbonyl (C=O) groups is 2. The van der Waals surface area contributed by atoms with Crippen molar-refractivity contribution in [2.75, 3.05) is 39.8 Å². The summed E-state index contributed by atoms with van der Waals surface area (Å²) in [6, 6.07) is 4.65. The van der Waals surface area contributed by atoms with Gasteiger partial charge in [-0.25, -0.2) is 0 Å². The van der Waals surface area contributed by atoms with Crippen molar-refractivity contribution in [1.82, 2.24) is 9.80 Å². The van der Waals surface area contributed by atoms with Crippen LogP contribution in [0.2, 0.25) is 0 Å². The van der Waals surface area contributed by atoms with Gasteiger partial charge in [-0.1, -0.05) is 24.3 Å². The summed E-state index contributed by atoms with van der Waals surface area (Å²) in [6.45, 7) is 3.57. The van der Waals surface area contributed by atoms with Crippen LogP contribution in [0.3, 0.4) is 0 Å². The fourth-order valence-electron chi connectivity index (χ4n) is 2.27. The van der Waals surface area contributed by atoms with Crippen molar-refractivity contribution in [3.05, 3.63) is 35.4 Å². The topological polar surface area (TPSA) is 40.6 Å². The third-order valence-corrected chi connectivity index (χ3v) is 3.69. The molecule has 2 rings (SSSR count). The van der Waals surface area contributed by atoms with Crippen molar-refractivity contribution in [3.63, 3.8) is 0 Å². The molecule has 0 N–H and O–H groups in total. The monoisotopic (exact) mass is 314 g/mol. The normalized spacial score (nSPS) is 17.5. The van der Waals surface area contributed by atoms with Gasteiger partial charge >= 0.3 is 6.18 Å². The average Bonchev–Trinajstić information content (AvgIpc) is 2.48. The molecule has 22 heavy (non-hydrogen) atoms. The van der Waals surface area contributed by atoms with Gasteiger partial charge in [0.2, 0.25) is 0 Å². The van der Waals surface area contributed by atoms with E-state index < -0.39 is 17.5 Å². The Morgan fingerprint density at radius 1 is 1.00 bits per heavy atom. The molecule has 0 saturated carbocycles. The van der Waals surface area contributed by atoms with Gasteiger partial charge in [0.25, 0.3) is 5.78 Å². The van der Waals surface area contributed by atoms with Crippen molar-refractivity contribution >= 4 is 11.6 Å². The molecule has 1 aliphatic rings. The Balaban J connectivity index is 1.98. The number of piperazine rings is 1. The predicted molar refractivity (Wildman–Crippen MR) is 75.1 cm³/mol. The van der Waals surface area contributed by atoms with E-state index in [0.29, 0.717) is 5.56 Å². The van der Waals surface area contributed by atoms with E-state index in [1.807, 2.05) is 11.9 Å². The number of halogens is 3. The number of ketones is 2. The molecule has 4 nitrogen and oxygen atoms in total. The van der Waals surface area contributed by atoms with E-state index >= 15 is 0 Å². The quantitative estimate of drug-likeness (QED) is 0.796. The molecule has 1 saturated heterocycles. The highest BCUT2D eigenvalue weighted by Gasteiger charge is 2.39. The molecule has 1 aromatic rings. The van der Waals surface area contributed by atoms with Crippen molar-refractivity contribution in [3.8, 4) is 0 Å². The van der Waals surface area contributed by atoms with Gasteiger partial charge in [-0.3, -0.25) is 14.5 Å². The summed E-state index contributed by atoms with van der Waals surface area (Å²) in [5, 5.41) is 0. The largest absolute Gasteiger partial charge is 0.454 e. The van der Waals surface area contributed by atoms with Crippen LogP contribution in [-0.2, 0) is 0 Å². The zero-order valence-corrected chi connectivity index (χ0v) is 12.2. The number of Topliss-reactive ketones (excluding diaryl/α,β-unsaturated/α-hetero) is 2. The Morgan fingerprint density at radius 2 is 1.50 bits per heavy atom. The highest BCUT2D eigenvalue weighted by Crippen LogP contribution is 2.21. The predicted octanol–water partition coefficient (Wildman–Crippen LogP) is 1.86. The molecule has 1 aliphatic heterocycles. The third-order valence-electron chi connectivity index (χ3n) is 3.69. The summed E-state index contributed by atoms with van der Waals surface area (Å²) in [4.78, 5) is 27.4. The Kier molecular flexibility index (Phi) is 4.97. The molecular weight excluding hydrogens is 297 g/mol. The fourth-order valence-corrected chi connectivity index (χ4v) is 2.27. The van der Waals surface area contributed by atoms with Gasteiger partial charge in [0, 0.05) is 37.3 Å². The number of rotatable bonds is 4. The number of hydrogen-bond donors (Lipinski definition) is 0. The fraction of sp³-hybridized carbons (Fsp3) is 0.467. The summed E-state index contributed by atoms with van der Waals surface area (Å²) in [6.07, 6.45) is -4.90. The van der Waals surface area contributed by atoms with Crippen LogP contribution < -0.4 is 0 Å². The molecule has 0 aliphatic carbocycles. The molecule has 0 bridgehead atoms. The maximum absolute atomic E-state index is 12.3. The lowest BCUT2D eigenvalue weighted by molar-refractivity contribution is -0.0885. The zero-order chi connectivity index (χ0) is 16.3. The number of benzene rings is 1. The minimum absolute atomic E-state index is 0.157. The van der Waals surface area contributed by atoms with Crippen molar-refractivity contribution in [2.24, 2.45) is 0 Å². The maximum Gasteiger partial charge on any atom is 0.454 e. The summed E-state index contributed by atoms with van der Waals surface area (Å²) in [5.41, 5.74) is -0.138. The van der Waals surface area contributed by atoms with Crippen LogP contribution in [0.5, 0.6) is 0 Å². The highest BCUT2D eigenvalue weighted by atomic mass is 19.4. The third kappa shape index (κ3) is 4.14. The van der Waals surface area contributed by atoms with E-state index in [4.69, 9.17) is 0 Å². The number of likely N-dealkylation sites (N-methyl/N-ethyl adjacent to an activating group) is 1. The summed E-state index contributed by atoms with van der Waals surface area (Å²) < 4.78 is 36.9. The number of alkyl halides is 3. The lowest BCUT2D eigenvalue weighted by Crippen LogP contribution is -2.46. The van der Waals surface area contributed by atoms with Crippen LogP contribution in [0.25, 0.3) is 0 Å². The molecule has 7 heteroatoms. The first-order valence-corrected chi connectivity index (χ1v) is 6.93. The van der Waals surface area contributed by atoms with Crippen LogP contribution in [0.1, 0.15) is 20.7 Å². The second-order valence-corrected chi connectivity index (χ2v) is 5.41. The molecule has 1 fully saturated rings. The van der Waals surface area contributed by atoms with Gasteiger partial charge in [-0.2, -0.15) is 13.2 Å². The van der Waals surface area contributed by atoms with Gasteiger partial charge in [-0.05, 0) is 7.05 Å². The first-order chi connectivity index (χ1) is 10.3. The lowest BCUT2D eigenvalue weighted by Gasteiger charge is -2.31. The molecule has 0 unspecified atom stereocenters. The molecule has 1 heterocycles. The smallest absolute Gasteiger partial charge is 0.304 e. The summed E-state index contributed by atoms with van der Waals surface area (Å²) in [7, 11) is 2.01. The molecule has 120 valence electrons. The van der Waals surface area contributed by atoms with Crippen LogP contribution in [0, 0.1) is 0 Å². The van der Waals surface area contributed by atoms with E-state index in [9.17, 15) is 22.8 Å². The van der Waals surface area contributed by atoms with E-state index in [0.717, 1.165) is 38.3 Å². The van der Waals surface area contributed by atoms with E-state index in [2.05, 4.69) is 4.90 Å². The Morgan fingerprint density at radius 3 is 2.00 bits per heavy atom. The Bertz CT molecular complexity index is 547. The molecule has 0 atom stereocenters. The van der Waals surface area contributed by atoms with Crippen LogP contribution in [0.4, 0.5) is 13.2 Å². The van der Waals surface area contributed by atoms with Gasteiger partial charge in [-0.15, -0.1) is 0 Å². The maximum atomic E-state index is 12.3. The molecule has 0 radical (unpaired) electrons. The second kappa shape index (κ2) is 6.58. The standard InChI is InChI=1S/C15H17F3N2O2/c1-19-6-8-20(9-7-19)10-13(21)11-2-4-12(5-3-11)14(22)15(16,17)18/h2-5H,6-10H2,1H3. The minimum Gasteiger partial charge on any atom is -0.304 e. The summed E-state index contributed by atoms with van der Waals surface area (Å²) in [5.74, 6) is -2.05. The Hall–Kier alpha value is -1.73. The van der Waals surface area contributed by atoms with Gasteiger partial charge in [0.15, 0.2) is 5.78 Å². The average molecular weight is 314 g/mol. The van der Waals surface area contributed by atoms with E-state index in [-0.39, 0.29) is 12.3 Å². The van der Waals surface area contributed by atoms with Crippen molar-refractivity contribution in [1.29, 1.82) is 0 Å². The van der Waals surface area contributed by atoms with Gasteiger partial charge in [0.05, 0.1) is 6.54 Å². The summed E-state index contributed by atoms with van der Waals surface area (Å²) >= 11 is 0. The van der Waals surface area contributed by atoms with Crippen LogP contribution in [-0.4, -0.2) is 67.3 Å². The van der Waals surface area contributed by atoms with Crippen molar-refractivity contribution < 1.29 is 22.8 Å². The zero-order valence-electron chi connectivity index (χ0n) is 12.2. The molecule has 0 spiro atoms. The van der Waals surface area contributed by atoms with E-state index in [1.165, 1.54) is 12.1 Å². The van der Waals surface area contributed by atoms with Gasteiger partial charge in [0.1, 0.15) is 0 Å². The first kappa shape index (κ1) is 16.6. The van der Waals surface area contributed by atoms with Crippen LogP contribution >= 0.6 is 0 Å². The van der Waals surface area contributed by atoms with Gasteiger partial charge < -0.3 is 4.90 Å². The second-order valence-electron chi connectivity index (χ2n) is 5.41. The van der Waals surface area contributed by atoms with Crippen molar-refractivity contribution in [2.45, 2.75) is 6.18 Å². The molecule has 0 amide bonds. The number of carbonyl (C=O) groups excluding carboxylic acids is 2. The molecule has 1 aromatic carbocycles. The molecular formula is C15H17F3N2O2. The number of nitrogens with zero attached hydrogens (tertiary/aromatic N) is 2. The minimum atomic E-state index is -4.90. The van der Waals surface area contributed by atoms with Crippen LogP contribution in [0.15, 0.2) is 24.3 Å². The SMILES string of the molecule is CN1CCN(CC(=O)c2ccc(C(=O)C(F)(F)F)cc2)CC1. The van der Waals surface area contributed by atoms with E-state index in [1.54, 1.807) is 0 Å². The lowest BCUT2D eigenvalue weighted by atomic mass is 10.0. The first-order valence-electron chi connectivity index (χ1n) is 6.93. The Labute approximate surface area is 126 Å². The highest BCUT2D eigenvalue weighted by molar-refractivity contribution is 6.02.